The van der Waals surface area contributed by atoms with E-state index in [1.54, 1.807) is 32.6 Å². The normalized spacial score (nSPS) is 13.9. The Balaban J connectivity index is 1.27. The second kappa shape index (κ2) is 15.0. The molecule has 6 rings (SSSR count). The molecular weight excluding hydrogens is 657 g/mol. The van der Waals surface area contributed by atoms with Gasteiger partial charge in [-0.1, -0.05) is 66.5 Å². The van der Waals surface area contributed by atoms with E-state index >= 15 is 0 Å². The molecule has 2 aromatic carbocycles. The first-order valence-electron chi connectivity index (χ1n) is 16.5. The van der Waals surface area contributed by atoms with E-state index in [1.807, 2.05) is 43.4 Å². The topological polar surface area (TPSA) is 97.2 Å². The molecule has 49 heavy (non-hydrogen) atoms. The Morgan fingerprint density at radius 3 is 2.61 bits per heavy atom. The molecule has 3 heterocycles. The van der Waals surface area contributed by atoms with Gasteiger partial charge >= 0.3 is 0 Å². The maximum absolute atomic E-state index is 12.9. The second-order valence-electron chi connectivity index (χ2n) is 12.4. The predicted molar refractivity (Wildman–Crippen MR) is 200 cm³/mol. The number of benzene rings is 2. The molecule has 1 aliphatic rings. The molecule has 254 valence electrons. The van der Waals surface area contributed by atoms with Crippen LogP contribution in [0, 0.1) is 0 Å². The average molecular weight is 699 g/mol. The van der Waals surface area contributed by atoms with Crippen molar-refractivity contribution in [1.82, 2.24) is 30.0 Å². The van der Waals surface area contributed by atoms with E-state index < -0.39 is 0 Å². The van der Waals surface area contributed by atoms with Gasteiger partial charge in [0.2, 0.25) is 5.88 Å². The zero-order valence-electron chi connectivity index (χ0n) is 28.3. The molecule has 0 saturated carbocycles. The molecule has 1 atom stereocenters. The summed E-state index contributed by atoms with van der Waals surface area (Å²) in [6.07, 6.45) is 9.66. The number of methoxy groups -OCH3 is 1. The van der Waals surface area contributed by atoms with Crippen molar-refractivity contribution >= 4 is 45.5 Å². The number of rotatable bonds is 13. The third-order valence-electron chi connectivity index (χ3n) is 9.38. The summed E-state index contributed by atoms with van der Waals surface area (Å²) in [5.41, 5.74) is 6.87. The van der Waals surface area contributed by atoms with Crippen LogP contribution in [-0.4, -0.2) is 52.4 Å². The van der Waals surface area contributed by atoms with Crippen LogP contribution in [0.2, 0.25) is 10.0 Å². The van der Waals surface area contributed by atoms with Crippen LogP contribution >= 0.6 is 23.2 Å². The molecule has 9 nitrogen and oxygen atoms in total. The fourth-order valence-corrected chi connectivity index (χ4v) is 7.24. The first-order valence-corrected chi connectivity index (χ1v) is 17.3. The molecule has 5 aromatic rings. The SMILES string of the molecule is C=C(CCCCCN(C)C1CCc2cc(-c3cccc(-c4cccc(Nc5nccc6cnn(C)c(=O)c56)c4Cl)c3Cl)nc(OC)c21)NC. The van der Waals surface area contributed by atoms with Crippen LogP contribution in [0.1, 0.15) is 49.3 Å². The lowest BCUT2D eigenvalue weighted by Gasteiger charge is -2.26. The number of hydrogen-bond donors (Lipinski definition) is 2. The highest BCUT2D eigenvalue weighted by molar-refractivity contribution is 6.39. The van der Waals surface area contributed by atoms with Gasteiger partial charge in [0.1, 0.15) is 5.82 Å². The van der Waals surface area contributed by atoms with Crippen molar-refractivity contribution in [2.24, 2.45) is 7.05 Å². The van der Waals surface area contributed by atoms with Gasteiger partial charge in [0, 0.05) is 59.7 Å². The molecule has 1 unspecified atom stereocenters. The summed E-state index contributed by atoms with van der Waals surface area (Å²) in [6, 6.07) is 15.7. The summed E-state index contributed by atoms with van der Waals surface area (Å²) in [4.78, 5) is 24.8. The number of halogens is 2. The smallest absolute Gasteiger partial charge is 0.278 e. The molecule has 0 fully saturated rings. The molecular formula is C38H41Cl2N7O2. The van der Waals surface area contributed by atoms with Crippen LogP contribution in [0.4, 0.5) is 11.5 Å². The molecule has 1 aliphatic carbocycles. The number of allylic oxidation sites excluding steroid dienone is 1. The maximum atomic E-state index is 12.9. The van der Waals surface area contributed by atoms with Crippen LogP contribution < -0.4 is 20.9 Å². The Morgan fingerprint density at radius 2 is 1.84 bits per heavy atom. The number of unbranched alkanes of at least 4 members (excludes halogenated alkanes) is 2. The molecule has 0 bridgehead atoms. The maximum Gasteiger partial charge on any atom is 0.278 e. The molecule has 0 aliphatic heterocycles. The van der Waals surface area contributed by atoms with Gasteiger partial charge in [-0.15, -0.1) is 0 Å². The number of nitrogens with zero attached hydrogens (tertiary/aromatic N) is 5. The summed E-state index contributed by atoms with van der Waals surface area (Å²) in [6.45, 7) is 5.04. The fourth-order valence-electron chi connectivity index (χ4n) is 6.64. The monoisotopic (exact) mass is 697 g/mol. The van der Waals surface area contributed by atoms with Gasteiger partial charge in [0.05, 0.1) is 40.1 Å². The fraction of sp³-hybridized carbons (Fsp3) is 0.316. The number of fused-ring (bicyclic) bond motifs is 2. The summed E-state index contributed by atoms with van der Waals surface area (Å²) in [5.74, 6) is 1.04. The molecule has 0 radical (unpaired) electrons. The van der Waals surface area contributed by atoms with Crippen LogP contribution in [0.5, 0.6) is 5.88 Å². The second-order valence-corrected chi connectivity index (χ2v) is 13.2. The van der Waals surface area contributed by atoms with Crippen LogP contribution in [0.25, 0.3) is 33.2 Å². The van der Waals surface area contributed by atoms with E-state index in [2.05, 4.69) is 45.3 Å². The van der Waals surface area contributed by atoms with Crippen LogP contribution in [-0.2, 0) is 13.5 Å². The van der Waals surface area contributed by atoms with E-state index in [4.69, 9.17) is 32.9 Å². The van der Waals surface area contributed by atoms with E-state index in [-0.39, 0.29) is 11.6 Å². The van der Waals surface area contributed by atoms with Crippen molar-refractivity contribution in [2.45, 2.75) is 44.6 Å². The largest absolute Gasteiger partial charge is 0.481 e. The molecule has 11 heteroatoms. The third kappa shape index (κ3) is 7.02. The van der Waals surface area contributed by atoms with Gasteiger partial charge in [-0.2, -0.15) is 5.10 Å². The minimum Gasteiger partial charge on any atom is -0.481 e. The van der Waals surface area contributed by atoms with Crippen molar-refractivity contribution in [3.63, 3.8) is 0 Å². The standard InChI is InChI=1S/C38H41Cl2N7O2/c1-23(41-2)11-7-6-8-20-46(3)31-17-16-24-21-30(45-37(49-5)32(24)31)28-14-9-12-26(34(28)39)27-13-10-15-29(35(27)40)44-36-33-25(18-19-42-36)22-43-47(4)38(33)48/h9-10,12-15,18-19,21-22,31,41H,1,6-8,11,16-17,20H2,2-5H3,(H,42,44). The van der Waals surface area contributed by atoms with Crippen LogP contribution in [0.15, 0.2) is 78.0 Å². The third-order valence-corrected chi connectivity index (χ3v) is 10.2. The van der Waals surface area contributed by atoms with Crippen molar-refractivity contribution < 1.29 is 4.74 Å². The summed E-state index contributed by atoms with van der Waals surface area (Å²) >= 11 is 14.2. The molecule has 3 aromatic heterocycles. The van der Waals surface area contributed by atoms with Crippen LogP contribution in [0.3, 0.4) is 0 Å². The minimum absolute atomic E-state index is 0.252. The number of nitrogens with one attached hydrogen (secondary N) is 2. The number of anilines is 2. The van der Waals surface area contributed by atoms with E-state index in [9.17, 15) is 4.79 Å². The van der Waals surface area contributed by atoms with Gasteiger partial charge in [-0.25, -0.2) is 14.6 Å². The predicted octanol–water partition coefficient (Wildman–Crippen LogP) is 8.33. The van der Waals surface area contributed by atoms with Gasteiger partial charge in [-0.3, -0.25) is 9.69 Å². The zero-order valence-corrected chi connectivity index (χ0v) is 29.8. The average Bonchev–Trinajstić information content (AvgIpc) is 3.55. The zero-order chi connectivity index (χ0) is 34.7. The highest BCUT2D eigenvalue weighted by Gasteiger charge is 2.31. The highest BCUT2D eigenvalue weighted by atomic mass is 35.5. The first kappa shape index (κ1) is 34.4. The Kier molecular flexibility index (Phi) is 10.5. The lowest BCUT2D eigenvalue weighted by molar-refractivity contribution is 0.233. The Morgan fingerprint density at radius 1 is 1.08 bits per heavy atom. The van der Waals surface area contributed by atoms with Gasteiger partial charge in [0.25, 0.3) is 5.56 Å². The minimum atomic E-state index is -0.256. The van der Waals surface area contributed by atoms with E-state index in [0.29, 0.717) is 38.2 Å². The Labute approximate surface area is 296 Å². The molecule has 0 saturated heterocycles. The van der Waals surface area contributed by atoms with Crippen molar-refractivity contribution in [1.29, 1.82) is 0 Å². The molecule has 0 amide bonds. The number of ether oxygens (including phenoxy) is 1. The quantitative estimate of drug-likeness (QED) is 0.119. The number of aromatic nitrogens is 4. The highest BCUT2D eigenvalue weighted by Crippen LogP contribution is 2.45. The van der Waals surface area contributed by atoms with Gasteiger partial charge in [0.15, 0.2) is 0 Å². The van der Waals surface area contributed by atoms with Crippen molar-refractivity contribution in [3.05, 3.63) is 105 Å². The van der Waals surface area contributed by atoms with E-state index in [0.717, 1.165) is 73.2 Å². The number of hydrogen-bond acceptors (Lipinski definition) is 8. The summed E-state index contributed by atoms with van der Waals surface area (Å²) in [5, 5.41) is 12.6. The number of pyridine rings is 2. The summed E-state index contributed by atoms with van der Waals surface area (Å²) < 4.78 is 7.20. The lowest BCUT2D eigenvalue weighted by Crippen LogP contribution is -2.24. The lowest BCUT2D eigenvalue weighted by atomic mass is 9.99. The van der Waals surface area contributed by atoms with Crippen molar-refractivity contribution in [2.75, 3.05) is 33.1 Å². The Hall–Kier alpha value is -4.44. The number of aryl methyl sites for hydroxylation is 2. The summed E-state index contributed by atoms with van der Waals surface area (Å²) in [7, 11) is 7.41. The van der Waals surface area contributed by atoms with E-state index in [1.165, 1.54) is 15.8 Å². The van der Waals surface area contributed by atoms with Crippen molar-refractivity contribution in [3.8, 4) is 28.3 Å². The molecule has 2 N–H and O–H groups in total. The Bertz CT molecular complexity index is 2080. The molecule has 0 spiro atoms. The van der Waals surface area contributed by atoms with Gasteiger partial charge < -0.3 is 15.4 Å². The van der Waals surface area contributed by atoms with Gasteiger partial charge in [-0.05, 0) is 69.5 Å². The first-order chi connectivity index (χ1) is 23.7.